The highest BCUT2D eigenvalue weighted by Crippen LogP contribution is 2.19. The van der Waals surface area contributed by atoms with Crippen molar-refractivity contribution >= 4 is 23.6 Å². The third-order valence-corrected chi connectivity index (χ3v) is 4.37. The monoisotopic (exact) mass is 346 g/mol. The van der Waals surface area contributed by atoms with Crippen molar-refractivity contribution in [3.63, 3.8) is 0 Å². The maximum absolute atomic E-state index is 12.4. The van der Waals surface area contributed by atoms with E-state index in [4.69, 9.17) is 4.74 Å². The van der Waals surface area contributed by atoms with Crippen LogP contribution in [0, 0.1) is 5.92 Å². The van der Waals surface area contributed by atoms with E-state index in [1.54, 1.807) is 24.3 Å². The van der Waals surface area contributed by atoms with Crippen molar-refractivity contribution < 1.29 is 19.1 Å². The van der Waals surface area contributed by atoms with E-state index in [1.807, 2.05) is 0 Å². The summed E-state index contributed by atoms with van der Waals surface area (Å²) in [5, 5.41) is 2.76. The summed E-state index contributed by atoms with van der Waals surface area (Å²) in [6.07, 6.45) is 7.60. The number of hydrogen-bond donors (Lipinski definition) is 1. The van der Waals surface area contributed by atoms with Gasteiger partial charge in [-0.1, -0.05) is 18.2 Å². The van der Waals surface area contributed by atoms with Crippen molar-refractivity contribution in [1.29, 1.82) is 0 Å². The van der Waals surface area contributed by atoms with Crippen LogP contribution in [0.2, 0.25) is 0 Å². The Balaban J connectivity index is 1.43. The minimum Gasteiger partial charge on any atom is -0.379 e. The van der Waals surface area contributed by atoms with Crippen molar-refractivity contribution in [3.8, 4) is 0 Å². The molecular formula is C17H22N4O4. The zero-order chi connectivity index (χ0) is 17.6. The molecule has 0 aromatic rings. The van der Waals surface area contributed by atoms with E-state index in [9.17, 15) is 14.4 Å². The van der Waals surface area contributed by atoms with Crippen molar-refractivity contribution in [2.75, 3.05) is 45.9 Å². The van der Waals surface area contributed by atoms with Crippen LogP contribution in [0.3, 0.4) is 0 Å². The predicted octanol–water partition coefficient (Wildman–Crippen LogP) is -0.0297. The number of nitrogens with zero attached hydrogens (tertiary/aromatic N) is 3. The molecule has 1 fully saturated rings. The van der Waals surface area contributed by atoms with Crippen LogP contribution in [0.4, 0.5) is 4.79 Å². The maximum atomic E-state index is 12.4. The average Bonchev–Trinajstić information content (AvgIpc) is 2.63. The summed E-state index contributed by atoms with van der Waals surface area (Å²) in [7, 11) is 0. The number of urea groups is 1. The molecule has 1 unspecified atom stereocenters. The highest BCUT2D eigenvalue weighted by molar-refractivity contribution is 6.22. The highest BCUT2D eigenvalue weighted by Gasteiger charge is 2.36. The van der Waals surface area contributed by atoms with Gasteiger partial charge in [-0.15, -0.1) is 0 Å². The minimum atomic E-state index is -0.681. The summed E-state index contributed by atoms with van der Waals surface area (Å²) < 4.78 is 5.29. The van der Waals surface area contributed by atoms with Gasteiger partial charge < -0.3 is 10.1 Å². The van der Waals surface area contributed by atoms with E-state index >= 15 is 0 Å². The third kappa shape index (κ3) is 4.40. The van der Waals surface area contributed by atoms with Crippen molar-refractivity contribution in [2.24, 2.45) is 10.9 Å². The van der Waals surface area contributed by atoms with Gasteiger partial charge in [0, 0.05) is 19.6 Å². The molecule has 0 bridgehead atoms. The van der Waals surface area contributed by atoms with Gasteiger partial charge in [-0.25, -0.2) is 4.79 Å². The van der Waals surface area contributed by atoms with Crippen LogP contribution in [-0.2, 0) is 14.3 Å². The molecule has 1 saturated heterocycles. The molecule has 3 rings (SSSR count). The molecule has 3 aliphatic rings. The molecular weight excluding hydrogens is 324 g/mol. The molecule has 1 atom stereocenters. The zero-order valence-corrected chi connectivity index (χ0v) is 14.0. The van der Waals surface area contributed by atoms with Crippen molar-refractivity contribution in [2.45, 2.75) is 6.42 Å². The quantitative estimate of drug-likeness (QED) is 0.682. The van der Waals surface area contributed by atoms with Crippen LogP contribution in [0.25, 0.3) is 0 Å². The first-order valence-corrected chi connectivity index (χ1v) is 8.51. The Kier molecular flexibility index (Phi) is 5.72. The first kappa shape index (κ1) is 17.5. The number of carbonyl (C=O) groups excluding carboxylic acids is 3. The Morgan fingerprint density at radius 3 is 2.88 bits per heavy atom. The second-order valence-corrected chi connectivity index (χ2v) is 6.12. The normalized spacial score (nSPS) is 23.4. The van der Waals surface area contributed by atoms with Gasteiger partial charge >= 0.3 is 6.03 Å². The lowest BCUT2D eigenvalue weighted by atomic mass is 9.95. The maximum Gasteiger partial charge on any atom is 0.351 e. The van der Waals surface area contributed by atoms with E-state index in [0.29, 0.717) is 12.3 Å². The lowest BCUT2D eigenvalue weighted by molar-refractivity contribution is -0.134. The van der Waals surface area contributed by atoms with Crippen LogP contribution >= 0.6 is 0 Å². The Bertz CT molecular complexity index is 635. The number of aliphatic imine (C=N–C) groups is 1. The fourth-order valence-electron chi connectivity index (χ4n) is 2.98. The van der Waals surface area contributed by atoms with Crippen LogP contribution in [0.15, 0.2) is 29.3 Å². The van der Waals surface area contributed by atoms with Crippen LogP contribution in [-0.4, -0.2) is 79.3 Å². The molecule has 134 valence electrons. The largest absolute Gasteiger partial charge is 0.379 e. The fourth-order valence-corrected chi connectivity index (χ4v) is 2.98. The number of rotatable bonds is 6. The number of imide groups is 1. The van der Waals surface area contributed by atoms with E-state index in [1.165, 1.54) is 0 Å². The molecule has 1 aliphatic carbocycles. The summed E-state index contributed by atoms with van der Waals surface area (Å²) in [6.45, 7) is 4.42. The van der Waals surface area contributed by atoms with E-state index < -0.39 is 17.9 Å². The summed E-state index contributed by atoms with van der Waals surface area (Å²) in [5.74, 6) is -1.33. The molecule has 25 heavy (non-hydrogen) atoms. The molecule has 1 N–H and O–H groups in total. The summed E-state index contributed by atoms with van der Waals surface area (Å²) in [5.41, 5.74) is 0.430. The second-order valence-electron chi connectivity index (χ2n) is 6.12. The number of nitrogens with one attached hydrogen (secondary N) is 1. The Morgan fingerprint density at radius 1 is 1.28 bits per heavy atom. The van der Waals surface area contributed by atoms with Gasteiger partial charge in [0.05, 0.1) is 24.8 Å². The van der Waals surface area contributed by atoms with Gasteiger partial charge in [-0.3, -0.25) is 19.4 Å². The molecule has 0 aromatic heterocycles. The number of hydrogen-bond acceptors (Lipinski definition) is 5. The summed E-state index contributed by atoms with van der Waals surface area (Å²) >= 11 is 0. The molecule has 0 spiro atoms. The van der Waals surface area contributed by atoms with Crippen molar-refractivity contribution in [1.82, 2.24) is 15.1 Å². The van der Waals surface area contributed by atoms with Gasteiger partial charge in [0.15, 0.2) is 0 Å². The van der Waals surface area contributed by atoms with E-state index in [0.717, 1.165) is 44.2 Å². The molecule has 2 heterocycles. The van der Waals surface area contributed by atoms with Gasteiger partial charge in [0.1, 0.15) is 6.54 Å². The first-order valence-electron chi connectivity index (χ1n) is 8.51. The molecule has 4 amide bonds. The molecule has 0 saturated carbocycles. The Morgan fingerprint density at radius 2 is 2.08 bits per heavy atom. The molecule has 8 nitrogen and oxygen atoms in total. The highest BCUT2D eigenvalue weighted by atomic mass is 16.5. The smallest absolute Gasteiger partial charge is 0.351 e. The lowest BCUT2D eigenvalue weighted by Gasteiger charge is -2.28. The van der Waals surface area contributed by atoms with Gasteiger partial charge in [-0.2, -0.15) is 4.99 Å². The number of ether oxygens (including phenoxy) is 1. The van der Waals surface area contributed by atoms with Crippen LogP contribution in [0.1, 0.15) is 6.42 Å². The molecule has 2 aliphatic heterocycles. The SMILES string of the molecule is O=C(CN1C(=O)N=C2C=CC=CC2C1=O)NCCCN1CCOCC1. The number of allylic oxidation sites excluding steroid dienone is 3. The average molecular weight is 346 g/mol. The topological polar surface area (TPSA) is 91.3 Å². The number of morpholine rings is 1. The standard InChI is InChI=1S/C17H22N4O4/c22-15(18-6-3-7-20-8-10-25-11-9-20)12-21-16(23)13-4-1-2-5-14(13)19-17(21)24/h1-2,4-5,13H,3,6-12H2,(H,18,22). The van der Waals surface area contributed by atoms with Gasteiger partial charge in [0.25, 0.3) is 0 Å². The number of amides is 4. The molecule has 8 heteroatoms. The summed E-state index contributed by atoms with van der Waals surface area (Å²) in [4.78, 5) is 43.5. The zero-order valence-electron chi connectivity index (χ0n) is 14.0. The number of carbonyl (C=O) groups is 3. The van der Waals surface area contributed by atoms with Crippen LogP contribution < -0.4 is 5.32 Å². The van der Waals surface area contributed by atoms with E-state index in [-0.39, 0.29) is 12.5 Å². The third-order valence-electron chi connectivity index (χ3n) is 4.37. The number of fused-ring (bicyclic) bond motifs is 1. The molecule has 0 aromatic carbocycles. The van der Waals surface area contributed by atoms with E-state index in [2.05, 4.69) is 15.2 Å². The van der Waals surface area contributed by atoms with Crippen LogP contribution in [0.5, 0.6) is 0 Å². The van der Waals surface area contributed by atoms with Crippen molar-refractivity contribution in [3.05, 3.63) is 24.3 Å². The minimum absolute atomic E-state index is 0.292. The van der Waals surface area contributed by atoms with Gasteiger partial charge in [0.2, 0.25) is 11.8 Å². The Labute approximate surface area is 146 Å². The lowest BCUT2D eigenvalue weighted by Crippen LogP contribution is -2.50. The van der Waals surface area contributed by atoms with Gasteiger partial charge in [-0.05, 0) is 19.0 Å². The fraction of sp³-hybridized carbons (Fsp3) is 0.529. The predicted molar refractivity (Wildman–Crippen MR) is 91.2 cm³/mol. The summed E-state index contributed by atoms with van der Waals surface area (Å²) in [6, 6.07) is -0.681. The molecule has 0 radical (unpaired) electrons. The Hall–Kier alpha value is -2.32. The second kappa shape index (κ2) is 8.17. The first-order chi connectivity index (χ1) is 12.1.